The second-order valence-electron chi connectivity index (χ2n) is 25.1. The van der Waals surface area contributed by atoms with E-state index in [-0.39, 0.29) is 55.3 Å². The van der Waals surface area contributed by atoms with Gasteiger partial charge in [-0.2, -0.15) is 0 Å². The molecular formula is C62H90N10O16Si2. The van der Waals surface area contributed by atoms with Crippen LogP contribution in [0.3, 0.4) is 0 Å². The number of rotatable bonds is 33. The number of ether oxygens (including phenoxy) is 7. The van der Waals surface area contributed by atoms with E-state index in [4.69, 9.17) is 37.6 Å². The topological polar surface area (TPSA) is 338 Å². The van der Waals surface area contributed by atoms with Crippen LogP contribution >= 0.6 is 0 Å². The van der Waals surface area contributed by atoms with Crippen molar-refractivity contribution in [2.75, 3.05) is 60.9 Å². The Balaban J connectivity index is 1.41. The molecule has 1 aromatic heterocycles. The normalized spacial score (nSPS) is 18.5. The molecule has 7 atom stereocenters. The van der Waals surface area contributed by atoms with Gasteiger partial charge in [0.1, 0.15) is 36.9 Å². The molecule has 0 bridgehead atoms. The lowest BCUT2D eigenvalue weighted by Crippen LogP contribution is -2.60. The number of benzene rings is 2. The van der Waals surface area contributed by atoms with E-state index in [1.807, 2.05) is 89.4 Å². The number of amides is 6. The first kappa shape index (κ1) is 73.0. The second-order valence-corrected chi connectivity index (χ2v) is 35.4. The van der Waals surface area contributed by atoms with Crippen LogP contribution in [0.1, 0.15) is 82.4 Å². The molecule has 2 fully saturated rings. The Kier molecular flexibility index (Phi) is 27.1. The number of carbonyl (C=O) groups excluding carboxylic acids is 8. The van der Waals surface area contributed by atoms with E-state index in [0.29, 0.717) is 29.1 Å². The monoisotopic (exact) mass is 1290 g/mol. The summed E-state index contributed by atoms with van der Waals surface area (Å²) in [6.45, 7) is 20.7. The second kappa shape index (κ2) is 33.4. The SMILES string of the molecule is CCOc1ccc(/C=C/C=C/C[C@@H]2OC(C)(C)O[C@H]2[C@@H](NC(=O)C[C@H](CN=[N+]=[N-])O[Si](C)(C)C(C)(C)C)[C@H](OCOC)C(=O)NC2CC(=O)N/C2=C\C(=O)N(C)CC(=O)N[C@H](Cc2c(C(=O)OC)[nH]c3ccccc23)C(=O)NCC(=O)OCC[Si](C)(C)C)cc1. The minimum atomic E-state index is -2.56. The summed E-state index contributed by atoms with van der Waals surface area (Å²) in [5.74, 6) is -6.37. The van der Waals surface area contributed by atoms with Gasteiger partial charge in [0.2, 0.25) is 29.5 Å². The van der Waals surface area contributed by atoms with Crippen LogP contribution in [0, 0.1) is 0 Å². The first-order valence-corrected chi connectivity index (χ1v) is 36.5. The molecule has 6 amide bonds. The van der Waals surface area contributed by atoms with Gasteiger partial charge in [0.25, 0.3) is 5.91 Å². The zero-order valence-electron chi connectivity index (χ0n) is 54.1. The van der Waals surface area contributed by atoms with Crippen LogP contribution in [0.2, 0.25) is 43.8 Å². The van der Waals surface area contributed by atoms with Crippen molar-refractivity contribution in [2.24, 2.45) is 5.11 Å². The third-order valence-corrected chi connectivity index (χ3v) is 21.4. The number of likely N-dealkylation sites (N-methyl/N-ethyl adjacent to an activating group) is 1. The summed E-state index contributed by atoms with van der Waals surface area (Å²) in [6.07, 6.45) is 3.42. The highest BCUT2D eigenvalue weighted by Gasteiger charge is 2.50. The number of nitrogens with zero attached hydrogens (tertiary/aromatic N) is 4. The third kappa shape index (κ3) is 22.4. The molecule has 2 saturated heterocycles. The van der Waals surface area contributed by atoms with E-state index in [1.165, 1.54) is 21.3 Å². The van der Waals surface area contributed by atoms with Crippen molar-refractivity contribution in [3.63, 3.8) is 0 Å². The van der Waals surface area contributed by atoms with Crippen molar-refractivity contribution < 1.29 is 75.9 Å². The van der Waals surface area contributed by atoms with Gasteiger partial charge in [0.15, 0.2) is 20.2 Å². The Labute approximate surface area is 528 Å². The summed E-state index contributed by atoms with van der Waals surface area (Å²) in [6, 6.07) is 11.3. The molecule has 2 aliphatic rings. The number of nitrogens with one attached hydrogen (secondary N) is 6. The Morgan fingerprint density at radius 3 is 2.32 bits per heavy atom. The van der Waals surface area contributed by atoms with Crippen molar-refractivity contribution in [3.05, 3.63) is 106 Å². The molecule has 0 saturated carbocycles. The number of aromatic amines is 1. The molecule has 90 heavy (non-hydrogen) atoms. The molecule has 26 nitrogen and oxygen atoms in total. The maximum absolute atomic E-state index is 15.0. The van der Waals surface area contributed by atoms with E-state index in [9.17, 15) is 43.9 Å². The van der Waals surface area contributed by atoms with Crippen LogP contribution in [-0.4, -0.2) is 183 Å². The van der Waals surface area contributed by atoms with Crippen LogP contribution in [0.4, 0.5) is 0 Å². The molecule has 0 spiro atoms. The number of esters is 2. The van der Waals surface area contributed by atoms with Crippen LogP contribution in [0.5, 0.6) is 5.75 Å². The van der Waals surface area contributed by atoms with Crippen LogP contribution in [0.15, 0.2) is 83.6 Å². The van der Waals surface area contributed by atoms with Crippen molar-refractivity contribution >= 4 is 80.8 Å². The predicted octanol–water partition coefficient (Wildman–Crippen LogP) is 6.47. The van der Waals surface area contributed by atoms with Gasteiger partial charge in [-0.3, -0.25) is 33.6 Å². The van der Waals surface area contributed by atoms with Gasteiger partial charge in [0.05, 0.1) is 70.5 Å². The standard InChI is InChI=1S/C62H90N10O16Si2/c1-15-83-40-27-25-39(26-28-40)21-17-16-18-24-48-56(87-62(5,6)86-48)55(70-49(73)31-41(35-65-71-63)88-90(13,14)61(2,3)4)57(85-38-81-8)59(79)69-45-33-50(74)66-46(45)34-52(76)72(7)37-51(75)67-47(58(78)64-36-53(77)84-29-30-89(10,11)12)32-43-42-22-19-20-23-44(42)68-54(43)60(80)82-9/h16-23,25-28,34,41,45,47-48,55-57,68H,15,24,29-33,35-38H2,1-14H3,(H,64,78)(H,66,74)(H,67,75)(H,69,79)(H,70,73)/b18-16+,21-17+,46-34-/t41-,45?,47-,48+,55-,56-,57+/m1/s1. The van der Waals surface area contributed by atoms with Crippen LogP contribution < -0.4 is 31.3 Å². The minimum absolute atomic E-state index is 0.0370. The molecule has 3 aromatic rings. The highest BCUT2D eigenvalue weighted by molar-refractivity contribution is 6.76. The molecular weight excluding hydrogens is 1200 g/mol. The first-order valence-electron chi connectivity index (χ1n) is 29.9. The highest BCUT2D eigenvalue weighted by Crippen LogP contribution is 2.38. The number of fused-ring (bicyclic) bond motifs is 1. The highest BCUT2D eigenvalue weighted by atomic mass is 28.4. The number of hydrogen-bond acceptors (Lipinski definition) is 17. The largest absolute Gasteiger partial charge is 0.494 e. The Bertz CT molecular complexity index is 3150. The molecule has 0 aliphatic carbocycles. The molecule has 1 unspecified atom stereocenters. The summed E-state index contributed by atoms with van der Waals surface area (Å²) < 4.78 is 47.0. The third-order valence-electron chi connectivity index (χ3n) is 15.2. The van der Waals surface area contributed by atoms with Crippen molar-refractivity contribution in [1.82, 2.24) is 36.5 Å². The van der Waals surface area contributed by atoms with E-state index >= 15 is 0 Å². The molecule has 492 valence electrons. The molecule has 3 heterocycles. The average Bonchev–Trinajstić information content (AvgIpc) is 1.64. The summed E-state index contributed by atoms with van der Waals surface area (Å²) >= 11 is 0. The zero-order valence-corrected chi connectivity index (χ0v) is 56.1. The quantitative estimate of drug-likeness (QED) is 0.00556. The molecule has 2 aliphatic heterocycles. The number of para-hydroxylation sites is 1. The van der Waals surface area contributed by atoms with Crippen LogP contribution in [-0.2, 0) is 72.8 Å². The lowest BCUT2D eigenvalue weighted by Gasteiger charge is -2.39. The number of allylic oxidation sites excluding steroid dienone is 2. The van der Waals surface area contributed by atoms with Gasteiger partial charge in [-0.15, -0.1) is 0 Å². The summed E-state index contributed by atoms with van der Waals surface area (Å²) in [7, 11) is -0.265. The zero-order chi connectivity index (χ0) is 66.6. The lowest BCUT2D eigenvalue weighted by atomic mass is 9.96. The summed E-state index contributed by atoms with van der Waals surface area (Å²) in [4.78, 5) is 117. The molecule has 2 aromatic carbocycles. The van der Waals surface area contributed by atoms with Gasteiger partial charge in [0, 0.05) is 56.2 Å². The number of methoxy groups -OCH3 is 2. The maximum Gasteiger partial charge on any atom is 0.354 e. The smallest absolute Gasteiger partial charge is 0.354 e. The average molecular weight is 1290 g/mol. The number of H-pyrrole nitrogens is 1. The van der Waals surface area contributed by atoms with Gasteiger partial charge in [-0.1, -0.05) is 100 Å². The number of hydrogen-bond donors (Lipinski definition) is 6. The summed E-state index contributed by atoms with van der Waals surface area (Å²) in [5.41, 5.74) is 11.1. The maximum atomic E-state index is 15.0. The van der Waals surface area contributed by atoms with Crippen molar-refractivity contribution in [1.29, 1.82) is 0 Å². The van der Waals surface area contributed by atoms with E-state index in [0.717, 1.165) is 22.3 Å². The van der Waals surface area contributed by atoms with E-state index in [2.05, 4.69) is 61.2 Å². The molecule has 0 radical (unpaired) electrons. The Morgan fingerprint density at radius 1 is 0.956 bits per heavy atom. The minimum Gasteiger partial charge on any atom is -0.494 e. The number of carbonyl (C=O) groups is 8. The number of aromatic nitrogens is 1. The predicted molar refractivity (Wildman–Crippen MR) is 341 cm³/mol. The van der Waals surface area contributed by atoms with Crippen molar-refractivity contribution in [3.8, 4) is 5.75 Å². The first-order chi connectivity index (χ1) is 42.4. The van der Waals surface area contributed by atoms with Gasteiger partial charge in [-0.25, -0.2) is 4.79 Å². The lowest BCUT2D eigenvalue weighted by molar-refractivity contribution is -0.165. The van der Waals surface area contributed by atoms with E-state index in [1.54, 1.807) is 38.1 Å². The number of azide groups is 1. The van der Waals surface area contributed by atoms with Crippen LogP contribution in [0.25, 0.3) is 27.4 Å². The Morgan fingerprint density at radius 2 is 1.67 bits per heavy atom. The fourth-order valence-electron chi connectivity index (χ4n) is 9.58. The molecule has 5 rings (SSSR count). The van der Waals surface area contributed by atoms with Crippen molar-refractivity contribution in [2.45, 2.75) is 159 Å². The fraction of sp³-hybridized carbons (Fsp3) is 0.548. The molecule has 28 heteroatoms. The molecule has 6 N–H and O–H groups in total. The van der Waals surface area contributed by atoms with Gasteiger partial charge >= 0.3 is 11.9 Å². The fourth-order valence-corrected chi connectivity index (χ4v) is 11.6. The Hall–Kier alpha value is -7.70. The van der Waals surface area contributed by atoms with E-state index < -0.39 is 132 Å². The van der Waals surface area contributed by atoms with Gasteiger partial charge < -0.3 is 74.1 Å². The van der Waals surface area contributed by atoms with Gasteiger partial charge in [-0.05, 0) is 86.2 Å². The summed E-state index contributed by atoms with van der Waals surface area (Å²) in [5, 5.41) is 17.6.